The van der Waals surface area contributed by atoms with Crippen LogP contribution in [0.15, 0.2) is 0 Å². The Hall–Kier alpha value is -1.03. The maximum atomic E-state index is 11.6. The van der Waals surface area contributed by atoms with Crippen molar-refractivity contribution >= 4 is 17.5 Å². The first-order valence-electron chi connectivity index (χ1n) is 4.43. The molecule has 5 heteroatoms. The number of amides is 1. The minimum Gasteiger partial charge on any atom is -0.348 e. The monoisotopic (exact) mass is 215 g/mol. The number of nitrogens with zero attached hydrogens (tertiary/aromatic N) is 2. The van der Waals surface area contributed by atoms with E-state index in [9.17, 15) is 4.79 Å². The van der Waals surface area contributed by atoms with Crippen LogP contribution in [0.1, 0.15) is 30.0 Å². The molecular weight excluding hydrogens is 202 g/mol. The first-order chi connectivity index (χ1) is 6.43. The predicted molar refractivity (Wildman–Crippen MR) is 55.6 cm³/mol. The quantitative estimate of drug-likeness (QED) is 0.813. The van der Waals surface area contributed by atoms with Gasteiger partial charge in [0.05, 0.1) is 10.7 Å². The van der Waals surface area contributed by atoms with Crippen molar-refractivity contribution in [2.75, 3.05) is 0 Å². The van der Waals surface area contributed by atoms with Crippen LogP contribution in [0.5, 0.6) is 0 Å². The van der Waals surface area contributed by atoms with Gasteiger partial charge in [0, 0.05) is 13.1 Å². The Bertz CT molecular complexity index is 357. The zero-order chi connectivity index (χ0) is 10.9. The van der Waals surface area contributed by atoms with Crippen LogP contribution in [0.25, 0.3) is 0 Å². The van der Waals surface area contributed by atoms with Crippen LogP contribution in [0.3, 0.4) is 0 Å². The molecule has 0 bridgehead atoms. The van der Waals surface area contributed by atoms with Crippen molar-refractivity contribution < 1.29 is 4.79 Å². The van der Waals surface area contributed by atoms with E-state index in [-0.39, 0.29) is 11.9 Å². The number of hydrogen-bond acceptors (Lipinski definition) is 2. The highest BCUT2D eigenvalue weighted by Crippen LogP contribution is 2.18. The number of rotatable bonds is 2. The average molecular weight is 216 g/mol. The zero-order valence-corrected chi connectivity index (χ0v) is 9.51. The summed E-state index contributed by atoms with van der Waals surface area (Å²) in [5.74, 6) is -0.228. The molecule has 1 N–H and O–H groups in total. The number of aromatic nitrogens is 2. The van der Waals surface area contributed by atoms with Crippen molar-refractivity contribution in [3.05, 3.63) is 16.4 Å². The standard InChI is InChI=1S/C9H14ClN3O/c1-5(2)11-9(14)8-7(10)6(3)13(4)12-8/h5H,1-4H3,(H,11,14). The molecule has 0 fully saturated rings. The summed E-state index contributed by atoms with van der Waals surface area (Å²) >= 11 is 5.95. The molecule has 0 aliphatic carbocycles. The molecule has 0 saturated heterocycles. The van der Waals surface area contributed by atoms with Crippen LogP contribution in [-0.4, -0.2) is 21.7 Å². The first kappa shape index (κ1) is 11.0. The Morgan fingerprint density at radius 3 is 2.50 bits per heavy atom. The van der Waals surface area contributed by atoms with Crippen LogP contribution in [-0.2, 0) is 7.05 Å². The largest absolute Gasteiger partial charge is 0.348 e. The van der Waals surface area contributed by atoms with Gasteiger partial charge in [0.15, 0.2) is 5.69 Å². The van der Waals surface area contributed by atoms with E-state index in [2.05, 4.69) is 10.4 Å². The Balaban J connectivity index is 2.96. The van der Waals surface area contributed by atoms with E-state index in [4.69, 9.17) is 11.6 Å². The fraction of sp³-hybridized carbons (Fsp3) is 0.556. The second-order valence-corrected chi connectivity index (χ2v) is 3.88. The maximum Gasteiger partial charge on any atom is 0.273 e. The Morgan fingerprint density at radius 2 is 2.14 bits per heavy atom. The van der Waals surface area contributed by atoms with Gasteiger partial charge in [-0.05, 0) is 20.8 Å². The summed E-state index contributed by atoms with van der Waals surface area (Å²) in [5.41, 5.74) is 1.08. The van der Waals surface area contributed by atoms with Gasteiger partial charge >= 0.3 is 0 Å². The van der Waals surface area contributed by atoms with Crippen LogP contribution in [0.4, 0.5) is 0 Å². The second-order valence-electron chi connectivity index (χ2n) is 3.50. The molecule has 0 spiro atoms. The number of nitrogens with one attached hydrogen (secondary N) is 1. The minimum absolute atomic E-state index is 0.0841. The topological polar surface area (TPSA) is 46.9 Å². The maximum absolute atomic E-state index is 11.6. The van der Waals surface area contributed by atoms with Gasteiger partial charge in [-0.15, -0.1) is 0 Å². The summed E-state index contributed by atoms with van der Waals surface area (Å²) < 4.78 is 1.59. The Kier molecular flexibility index (Phi) is 3.16. The summed E-state index contributed by atoms with van der Waals surface area (Å²) in [6.07, 6.45) is 0. The highest BCUT2D eigenvalue weighted by atomic mass is 35.5. The molecule has 0 aliphatic heterocycles. The normalized spacial score (nSPS) is 10.7. The molecule has 1 heterocycles. The van der Waals surface area contributed by atoms with Crippen molar-refractivity contribution in [2.45, 2.75) is 26.8 Å². The Labute approximate surface area is 88.2 Å². The molecule has 0 saturated carbocycles. The van der Waals surface area contributed by atoms with E-state index in [1.54, 1.807) is 11.7 Å². The summed E-state index contributed by atoms with van der Waals surface area (Å²) in [6, 6.07) is 0.0841. The van der Waals surface area contributed by atoms with Gasteiger partial charge in [0.2, 0.25) is 0 Å². The van der Waals surface area contributed by atoms with Crippen LogP contribution in [0, 0.1) is 6.92 Å². The molecule has 4 nitrogen and oxygen atoms in total. The minimum atomic E-state index is -0.228. The van der Waals surface area contributed by atoms with E-state index >= 15 is 0 Å². The molecule has 78 valence electrons. The lowest BCUT2D eigenvalue weighted by atomic mass is 10.3. The van der Waals surface area contributed by atoms with Crippen molar-refractivity contribution in [3.63, 3.8) is 0 Å². The SMILES string of the molecule is Cc1c(Cl)c(C(=O)NC(C)C)nn1C. The molecule has 0 radical (unpaired) electrons. The zero-order valence-electron chi connectivity index (χ0n) is 8.76. The molecule has 1 aromatic heterocycles. The molecule has 14 heavy (non-hydrogen) atoms. The number of hydrogen-bond donors (Lipinski definition) is 1. The molecule has 0 atom stereocenters. The van der Waals surface area contributed by atoms with Gasteiger partial charge in [0.1, 0.15) is 0 Å². The third-order valence-corrected chi connectivity index (χ3v) is 2.35. The first-order valence-corrected chi connectivity index (χ1v) is 4.81. The molecule has 1 aromatic rings. The third kappa shape index (κ3) is 2.07. The average Bonchev–Trinajstić information content (AvgIpc) is 2.32. The van der Waals surface area contributed by atoms with Crippen molar-refractivity contribution in [1.82, 2.24) is 15.1 Å². The number of halogens is 1. The van der Waals surface area contributed by atoms with Gasteiger partial charge in [-0.1, -0.05) is 11.6 Å². The molecular formula is C9H14ClN3O. The van der Waals surface area contributed by atoms with Crippen LogP contribution >= 0.6 is 11.6 Å². The second kappa shape index (κ2) is 4.00. The van der Waals surface area contributed by atoms with E-state index in [1.807, 2.05) is 20.8 Å². The van der Waals surface area contributed by atoms with Gasteiger partial charge in [0.25, 0.3) is 5.91 Å². The molecule has 0 aliphatic rings. The number of carbonyl (C=O) groups excluding carboxylic acids is 1. The summed E-state index contributed by atoms with van der Waals surface area (Å²) in [6.45, 7) is 5.60. The van der Waals surface area contributed by atoms with E-state index in [0.717, 1.165) is 5.69 Å². The molecule has 1 amide bonds. The number of carbonyl (C=O) groups is 1. The van der Waals surface area contributed by atoms with Crippen molar-refractivity contribution in [1.29, 1.82) is 0 Å². The predicted octanol–water partition coefficient (Wildman–Crippen LogP) is 1.52. The smallest absolute Gasteiger partial charge is 0.273 e. The van der Waals surface area contributed by atoms with Gasteiger partial charge in [-0.25, -0.2) is 0 Å². The van der Waals surface area contributed by atoms with Gasteiger partial charge < -0.3 is 5.32 Å². The lowest BCUT2D eigenvalue weighted by molar-refractivity contribution is 0.0937. The van der Waals surface area contributed by atoms with E-state index in [1.165, 1.54) is 0 Å². The number of aryl methyl sites for hydroxylation is 1. The van der Waals surface area contributed by atoms with E-state index in [0.29, 0.717) is 10.7 Å². The van der Waals surface area contributed by atoms with E-state index < -0.39 is 0 Å². The van der Waals surface area contributed by atoms with Gasteiger partial charge in [-0.2, -0.15) is 5.10 Å². The molecule has 0 aromatic carbocycles. The summed E-state index contributed by atoms with van der Waals surface area (Å²) in [4.78, 5) is 11.6. The van der Waals surface area contributed by atoms with Crippen molar-refractivity contribution in [2.24, 2.45) is 7.05 Å². The molecule has 0 unspecified atom stereocenters. The highest BCUT2D eigenvalue weighted by molar-refractivity contribution is 6.34. The Morgan fingerprint density at radius 1 is 1.57 bits per heavy atom. The van der Waals surface area contributed by atoms with Crippen LogP contribution < -0.4 is 5.32 Å². The lowest BCUT2D eigenvalue weighted by Crippen LogP contribution is -2.30. The summed E-state index contributed by atoms with van der Waals surface area (Å²) in [5, 5.41) is 7.20. The van der Waals surface area contributed by atoms with Crippen molar-refractivity contribution in [3.8, 4) is 0 Å². The van der Waals surface area contributed by atoms with Crippen LogP contribution in [0.2, 0.25) is 5.02 Å². The fourth-order valence-electron chi connectivity index (χ4n) is 1.06. The fourth-order valence-corrected chi connectivity index (χ4v) is 1.30. The third-order valence-electron chi connectivity index (χ3n) is 1.90. The molecule has 1 rings (SSSR count). The lowest BCUT2D eigenvalue weighted by Gasteiger charge is -2.05. The van der Waals surface area contributed by atoms with Gasteiger partial charge in [-0.3, -0.25) is 9.48 Å². The highest BCUT2D eigenvalue weighted by Gasteiger charge is 2.18. The summed E-state index contributed by atoms with van der Waals surface area (Å²) in [7, 11) is 1.76.